The molecule has 1 aromatic rings. The third kappa shape index (κ3) is 4.32. The van der Waals surface area contributed by atoms with Crippen molar-refractivity contribution in [1.29, 1.82) is 0 Å². The van der Waals surface area contributed by atoms with Gasteiger partial charge in [0.25, 0.3) is 0 Å². The maximum Gasteiger partial charge on any atom is 0.238 e. The summed E-state index contributed by atoms with van der Waals surface area (Å²) in [5.41, 5.74) is 0.699. The highest BCUT2D eigenvalue weighted by Gasteiger charge is 2.26. The molecule has 1 aliphatic rings. The van der Waals surface area contributed by atoms with Crippen LogP contribution in [0.4, 0.5) is 5.69 Å². The summed E-state index contributed by atoms with van der Waals surface area (Å²) < 4.78 is 0. The Balaban J connectivity index is 1.89. The Hall–Kier alpha value is -1.39. The van der Waals surface area contributed by atoms with Crippen LogP contribution in [0.15, 0.2) is 24.3 Å². The molecule has 1 atom stereocenters. The van der Waals surface area contributed by atoms with Crippen LogP contribution in [-0.2, 0) is 9.59 Å². The van der Waals surface area contributed by atoms with E-state index < -0.39 is 0 Å². The standard InChI is InChI=1S/C15H19ClN2O2/c1-11(19)8-14-6-3-7-18(14)10-15(20)17-13-5-2-4-12(16)9-13/h2,4-5,9,14H,3,6-8,10H2,1H3,(H,17,20). The molecule has 2 rings (SSSR count). The quantitative estimate of drug-likeness (QED) is 0.908. The molecule has 1 N–H and O–H groups in total. The zero-order chi connectivity index (χ0) is 14.5. The van der Waals surface area contributed by atoms with Gasteiger partial charge in [0.05, 0.1) is 6.54 Å². The summed E-state index contributed by atoms with van der Waals surface area (Å²) >= 11 is 5.88. The van der Waals surface area contributed by atoms with E-state index in [-0.39, 0.29) is 17.7 Å². The predicted octanol–water partition coefficient (Wildman–Crippen LogP) is 2.72. The van der Waals surface area contributed by atoms with Crippen molar-refractivity contribution in [3.8, 4) is 0 Å². The predicted molar refractivity (Wildman–Crippen MR) is 80.0 cm³/mol. The lowest BCUT2D eigenvalue weighted by Crippen LogP contribution is -2.37. The highest BCUT2D eigenvalue weighted by Crippen LogP contribution is 2.20. The number of likely N-dealkylation sites (tertiary alicyclic amines) is 1. The molecule has 4 nitrogen and oxygen atoms in total. The van der Waals surface area contributed by atoms with Gasteiger partial charge in [-0.1, -0.05) is 17.7 Å². The van der Waals surface area contributed by atoms with Crippen LogP contribution in [0, 0.1) is 0 Å². The fourth-order valence-electron chi connectivity index (χ4n) is 2.62. The minimum absolute atomic E-state index is 0.0669. The largest absolute Gasteiger partial charge is 0.325 e. The number of hydrogen-bond acceptors (Lipinski definition) is 3. The molecule has 1 aromatic carbocycles. The van der Waals surface area contributed by atoms with E-state index >= 15 is 0 Å². The number of carbonyl (C=O) groups is 2. The van der Waals surface area contributed by atoms with Gasteiger partial charge in [-0.3, -0.25) is 14.5 Å². The van der Waals surface area contributed by atoms with Gasteiger partial charge in [-0.05, 0) is 44.5 Å². The summed E-state index contributed by atoms with van der Waals surface area (Å²) in [6.07, 6.45) is 2.57. The molecule has 20 heavy (non-hydrogen) atoms. The first-order valence-corrected chi connectivity index (χ1v) is 7.21. The van der Waals surface area contributed by atoms with E-state index in [2.05, 4.69) is 10.2 Å². The monoisotopic (exact) mass is 294 g/mol. The average molecular weight is 295 g/mol. The van der Waals surface area contributed by atoms with E-state index in [9.17, 15) is 9.59 Å². The minimum Gasteiger partial charge on any atom is -0.325 e. The lowest BCUT2D eigenvalue weighted by Gasteiger charge is -2.22. The summed E-state index contributed by atoms with van der Waals surface area (Å²) in [5.74, 6) is 0.111. The Labute approximate surface area is 124 Å². The molecule has 108 valence electrons. The van der Waals surface area contributed by atoms with Crippen molar-refractivity contribution in [1.82, 2.24) is 4.90 Å². The molecule has 1 unspecified atom stereocenters. The van der Waals surface area contributed by atoms with Crippen molar-refractivity contribution in [3.05, 3.63) is 29.3 Å². The number of nitrogens with zero attached hydrogens (tertiary/aromatic N) is 1. The molecule has 1 fully saturated rings. The molecule has 0 spiro atoms. The van der Waals surface area contributed by atoms with Gasteiger partial charge < -0.3 is 5.32 Å². The molecule has 5 heteroatoms. The van der Waals surface area contributed by atoms with Gasteiger partial charge >= 0.3 is 0 Å². The molecule has 1 heterocycles. The fraction of sp³-hybridized carbons (Fsp3) is 0.467. The third-order valence-electron chi connectivity index (χ3n) is 3.48. The molecule has 0 aliphatic carbocycles. The lowest BCUT2D eigenvalue weighted by atomic mass is 10.1. The van der Waals surface area contributed by atoms with Crippen LogP contribution in [-0.4, -0.2) is 35.7 Å². The van der Waals surface area contributed by atoms with Crippen LogP contribution in [0.25, 0.3) is 0 Å². The van der Waals surface area contributed by atoms with E-state index in [0.29, 0.717) is 23.7 Å². The van der Waals surface area contributed by atoms with Gasteiger partial charge in [0.2, 0.25) is 5.91 Å². The van der Waals surface area contributed by atoms with Gasteiger partial charge in [0.15, 0.2) is 0 Å². The number of carbonyl (C=O) groups excluding carboxylic acids is 2. The van der Waals surface area contributed by atoms with Crippen molar-refractivity contribution in [3.63, 3.8) is 0 Å². The van der Waals surface area contributed by atoms with E-state index in [1.54, 1.807) is 31.2 Å². The number of benzene rings is 1. The summed E-state index contributed by atoms with van der Waals surface area (Å²) in [6, 6.07) is 7.29. The molecule has 0 saturated carbocycles. The Kier molecular flexibility index (Phi) is 5.15. The van der Waals surface area contributed by atoms with Crippen molar-refractivity contribution in [2.45, 2.75) is 32.2 Å². The Morgan fingerprint density at radius 2 is 2.25 bits per heavy atom. The summed E-state index contributed by atoms with van der Waals surface area (Å²) in [5, 5.41) is 3.43. The molecule has 0 radical (unpaired) electrons. The second kappa shape index (κ2) is 6.86. The van der Waals surface area contributed by atoms with Gasteiger partial charge in [-0.2, -0.15) is 0 Å². The van der Waals surface area contributed by atoms with Crippen molar-refractivity contribution in [2.75, 3.05) is 18.4 Å². The number of hydrogen-bond donors (Lipinski definition) is 1. The summed E-state index contributed by atoms with van der Waals surface area (Å²) in [7, 11) is 0. The third-order valence-corrected chi connectivity index (χ3v) is 3.71. The van der Waals surface area contributed by atoms with E-state index in [4.69, 9.17) is 11.6 Å². The number of ketones is 1. The molecule has 0 aromatic heterocycles. The zero-order valence-electron chi connectivity index (χ0n) is 11.6. The Morgan fingerprint density at radius 1 is 1.45 bits per heavy atom. The second-order valence-electron chi connectivity index (χ2n) is 5.23. The van der Waals surface area contributed by atoms with Crippen LogP contribution in [0.2, 0.25) is 5.02 Å². The number of Topliss-reactive ketones (excluding diaryl/α,β-unsaturated/α-hetero) is 1. The average Bonchev–Trinajstić information content (AvgIpc) is 2.75. The maximum atomic E-state index is 12.0. The van der Waals surface area contributed by atoms with Gasteiger partial charge in [0, 0.05) is 23.2 Å². The topological polar surface area (TPSA) is 49.4 Å². The van der Waals surface area contributed by atoms with Crippen LogP contribution in [0.5, 0.6) is 0 Å². The molecule has 0 bridgehead atoms. The number of halogens is 1. The molecular formula is C15H19ClN2O2. The molecule has 1 aliphatic heterocycles. The van der Waals surface area contributed by atoms with E-state index in [1.165, 1.54) is 0 Å². The first-order valence-electron chi connectivity index (χ1n) is 6.83. The van der Waals surface area contributed by atoms with Crippen LogP contribution in [0.1, 0.15) is 26.2 Å². The SMILES string of the molecule is CC(=O)CC1CCCN1CC(=O)Nc1cccc(Cl)c1. The lowest BCUT2D eigenvalue weighted by molar-refractivity contribution is -0.120. The first-order chi connectivity index (χ1) is 9.54. The van der Waals surface area contributed by atoms with Crippen molar-refractivity contribution >= 4 is 29.0 Å². The number of anilines is 1. The normalized spacial score (nSPS) is 19.0. The minimum atomic E-state index is -0.0669. The van der Waals surface area contributed by atoms with Crippen LogP contribution in [0.3, 0.4) is 0 Å². The van der Waals surface area contributed by atoms with Crippen LogP contribution < -0.4 is 5.32 Å². The molecule has 1 saturated heterocycles. The second-order valence-corrected chi connectivity index (χ2v) is 5.67. The van der Waals surface area contributed by atoms with Gasteiger partial charge in [0.1, 0.15) is 5.78 Å². The highest BCUT2D eigenvalue weighted by atomic mass is 35.5. The summed E-state index contributed by atoms with van der Waals surface area (Å²) in [6.45, 7) is 2.80. The maximum absolute atomic E-state index is 12.0. The van der Waals surface area contributed by atoms with Gasteiger partial charge in [-0.15, -0.1) is 0 Å². The number of nitrogens with one attached hydrogen (secondary N) is 1. The van der Waals surface area contributed by atoms with Crippen molar-refractivity contribution in [2.24, 2.45) is 0 Å². The Morgan fingerprint density at radius 3 is 2.95 bits per heavy atom. The number of rotatable bonds is 5. The summed E-state index contributed by atoms with van der Waals surface area (Å²) in [4.78, 5) is 25.3. The number of amides is 1. The Bertz CT molecular complexity index is 504. The van der Waals surface area contributed by atoms with E-state index in [0.717, 1.165) is 19.4 Å². The van der Waals surface area contributed by atoms with Gasteiger partial charge in [-0.25, -0.2) is 0 Å². The van der Waals surface area contributed by atoms with Crippen molar-refractivity contribution < 1.29 is 9.59 Å². The molecule has 1 amide bonds. The molecular weight excluding hydrogens is 276 g/mol. The highest BCUT2D eigenvalue weighted by molar-refractivity contribution is 6.30. The first kappa shape index (κ1) is 15.0. The fourth-order valence-corrected chi connectivity index (χ4v) is 2.81. The van der Waals surface area contributed by atoms with E-state index in [1.807, 2.05) is 0 Å². The zero-order valence-corrected chi connectivity index (χ0v) is 12.3. The van der Waals surface area contributed by atoms with Crippen LogP contribution >= 0.6 is 11.6 Å². The smallest absolute Gasteiger partial charge is 0.238 e.